The molecule has 2 heterocycles. The summed E-state index contributed by atoms with van der Waals surface area (Å²) in [5.41, 5.74) is 7.46. The van der Waals surface area contributed by atoms with Gasteiger partial charge in [-0.15, -0.1) is 0 Å². The van der Waals surface area contributed by atoms with Crippen molar-refractivity contribution in [3.8, 4) is 11.5 Å². The SMILES string of the molecule is Cc1[nH]c(C(C)(C)CN)nc1-c1ccco1. The molecule has 0 aliphatic carbocycles. The average Bonchev–Trinajstić information content (AvgIpc) is 2.86. The summed E-state index contributed by atoms with van der Waals surface area (Å²) in [7, 11) is 0. The van der Waals surface area contributed by atoms with Gasteiger partial charge < -0.3 is 15.1 Å². The normalized spacial score (nSPS) is 12.0. The largest absolute Gasteiger partial charge is 0.463 e. The molecule has 3 N–H and O–H groups in total. The van der Waals surface area contributed by atoms with Crippen molar-refractivity contribution in [1.29, 1.82) is 0 Å². The van der Waals surface area contributed by atoms with Gasteiger partial charge in [-0.05, 0) is 19.1 Å². The van der Waals surface area contributed by atoms with Gasteiger partial charge in [0.2, 0.25) is 0 Å². The van der Waals surface area contributed by atoms with Crippen LogP contribution >= 0.6 is 0 Å². The van der Waals surface area contributed by atoms with Crippen LogP contribution in [-0.4, -0.2) is 16.5 Å². The Labute approximate surface area is 94.9 Å². The molecule has 0 spiro atoms. The summed E-state index contributed by atoms with van der Waals surface area (Å²) in [6.07, 6.45) is 1.65. The Morgan fingerprint density at radius 1 is 1.50 bits per heavy atom. The molecule has 2 aromatic rings. The van der Waals surface area contributed by atoms with E-state index in [-0.39, 0.29) is 5.41 Å². The maximum atomic E-state index is 5.73. The fourth-order valence-corrected chi connectivity index (χ4v) is 1.53. The number of furan rings is 1. The Hall–Kier alpha value is -1.55. The predicted molar refractivity (Wildman–Crippen MR) is 63.1 cm³/mol. The Kier molecular flexibility index (Phi) is 2.59. The Balaban J connectivity index is 2.44. The second-order valence-corrected chi connectivity index (χ2v) is 4.62. The number of H-pyrrole nitrogens is 1. The standard InChI is InChI=1S/C12H17N3O/c1-8-10(9-5-4-6-16-9)15-11(14-8)12(2,3)7-13/h4-6H,7,13H2,1-3H3,(H,14,15). The molecule has 0 atom stereocenters. The molecule has 0 radical (unpaired) electrons. The van der Waals surface area contributed by atoms with Gasteiger partial charge in [0.1, 0.15) is 11.5 Å². The van der Waals surface area contributed by atoms with Crippen molar-refractivity contribution >= 4 is 0 Å². The number of hydrogen-bond acceptors (Lipinski definition) is 3. The molecular weight excluding hydrogens is 202 g/mol. The lowest BCUT2D eigenvalue weighted by atomic mass is 9.93. The molecule has 2 rings (SSSR count). The maximum Gasteiger partial charge on any atom is 0.154 e. The lowest BCUT2D eigenvalue weighted by molar-refractivity contribution is 0.507. The first-order valence-electron chi connectivity index (χ1n) is 5.35. The summed E-state index contributed by atoms with van der Waals surface area (Å²) < 4.78 is 5.35. The third kappa shape index (κ3) is 1.76. The molecule has 2 aromatic heterocycles. The molecule has 0 saturated carbocycles. The van der Waals surface area contributed by atoms with Crippen LogP contribution in [0.5, 0.6) is 0 Å². The first-order valence-corrected chi connectivity index (χ1v) is 5.35. The van der Waals surface area contributed by atoms with Crippen molar-refractivity contribution in [2.45, 2.75) is 26.2 Å². The summed E-state index contributed by atoms with van der Waals surface area (Å²) in [5, 5.41) is 0. The molecule has 86 valence electrons. The summed E-state index contributed by atoms with van der Waals surface area (Å²) >= 11 is 0. The molecular formula is C12H17N3O. The Morgan fingerprint density at radius 3 is 2.81 bits per heavy atom. The first kappa shape index (κ1) is 11.0. The predicted octanol–water partition coefficient (Wildman–Crippen LogP) is 2.21. The van der Waals surface area contributed by atoms with Crippen molar-refractivity contribution in [2.75, 3.05) is 6.54 Å². The van der Waals surface area contributed by atoms with Gasteiger partial charge in [-0.3, -0.25) is 0 Å². The number of aryl methyl sites for hydroxylation is 1. The molecule has 0 aromatic carbocycles. The number of hydrogen-bond donors (Lipinski definition) is 2. The van der Waals surface area contributed by atoms with Crippen LogP contribution in [0.1, 0.15) is 25.4 Å². The number of nitrogens with zero attached hydrogens (tertiary/aromatic N) is 1. The van der Waals surface area contributed by atoms with Gasteiger partial charge in [0.25, 0.3) is 0 Å². The van der Waals surface area contributed by atoms with E-state index in [4.69, 9.17) is 10.2 Å². The van der Waals surface area contributed by atoms with Gasteiger partial charge in [-0.2, -0.15) is 0 Å². The van der Waals surface area contributed by atoms with Crippen LogP contribution in [0.4, 0.5) is 0 Å². The number of nitrogens with two attached hydrogens (primary N) is 1. The molecule has 4 nitrogen and oxygen atoms in total. The zero-order valence-electron chi connectivity index (χ0n) is 9.87. The quantitative estimate of drug-likeness (QED) is 0.831. The van der Waals surface area contributed by atoms with Crippen LogP contribution in [0, 0.1) is 6.92 Å². The van der Waals surface area contributed by atoms with E-state index in [9.17, 15) is 0 Å². The highest BCUT2D eigenvalue weighted by atomic mass is 16.3. The molecule has 4 heteroatoms. The van der Waals surface area contributed by atoms with E-state index < -0.39 is 0 Å². The molecule has 0 fully saturated rings. The zero-order valence-corrected chi connectivity index (χ0v) is 9.87. The lowest BCUT2D eigenvalue weighted by Crippen LogP contribution is -2.29. The smallest absolute Gasteiger partial charge is 0.154 e. The third-order valence-corrected chi connectivity index (χ3v) is 2.79. The topological polar surface area (TPSA) is 67.8 Å². The molecule has 16 heavy (non-hydrogen) atoms. The maximum absolute atomic E-state index is 5.73. The molecule has 0 unspecified atom stereocenters. The Morgan fingerprint density at radius 2 is 2.25 bits per heavy atom. The average molecular weight is 219 g/mol. The van der Waals surface area contributed by atoms with E-state index in [0.29, 0.717) is 6.54 Å². The number of aromatic nitrogens is 2. The number of aromatic amines is 1. The van der Waals surface area contributed by atoms with E-state index in [1.807, 2.05) is 19.1 Å². The number of rotatable bonds is 3. The number of nitrogens with one attached hydrogen (secondary N) is 1. The van der Waals surface area contributed by atoms with Gasteiger partial charge in [-0.1, -0.05) is 13.8 Å². The monoisotopic (exact) mass is 219 g/mol. The van der Waals surface area contributed by atoms with Gasteiger partial charge in [-0.25, -0.2) is 4.98 Å². The van der Waals surface area contributed by atoms with Crippen molar-refractivity contribution in [3.63, 3.8) is 0 Å². The lowest BCUT2D eigenvalue weighted by Gasteiger charge is -2.18. The van der Waals surface area contributed by atoms with Crippen LogP contribution < -0.4 is 5.73 Å². The molecule has 0 aliphatic heterocycles. The molecule has 0 amide bonds. The highest BCUT2D eigenvalue weighted by Gasteiger charge is 2.24. The van der Waals surface area contributed by atoms with E-state index in [1.54, 1.807) is 6.26 Å². The van der Waals surface area contributed by atoms with Gasteiger partial charge in [0, 0.05) is 17.7 Å². The fourth-order valence-electron chi connectivity index (χ4n) is 1.53. The minimum atomic E-state index is -0.143. The van der Waals surface area contributed by atoms with Gasteiger partial charge in [0.05, 0.1) is 6.26 Å². The van der Waals surface area contributed by atoms with Gasteiger partial charge in [0.15, 0.2) is 5.76 Å². The third-order valence-electron chi connectivity index (χ3n) is 2.79. The van der Waals surface area contributed by atoms with Crippen LogP contribution in [-0.2, 0) is 5.41 Å². The second-order valence-electron chi connectivity index (χ2n) is 4.62. The summed E-state index contributed by atoms with van der Waals surface area (Å²) in [5.74, 6) is 1.69. The van der Waals surface area contributed by atoms with Crippen LogP contribution in [0.3, 0.4) is 0 Å². The first-order chi connectivity index (χ1) is 7.54. The van der Waals surface area contributed by atoms with E-state index in [1.165, 1.54) is 0 Å². The number of imidazole rings is 1. The van der Waals surface area contributed by atoms with Gasteiger partial charge >= 0.3 is 0 Å². The van der Waals surface area contributed by atoms with Crippen molar-refractivity contribution < 1.29 is 4.42 Å². The van der Waals surface area contributed by atoms with Crippen molar-refractivity contribution in [3.05, 3.63) is 29.9 Å². The van der Waals surface area contributed by atoms with Crippen LogP contribution in [0.25, 0.3) is 11.5 Å². The summed E-state index contributed by atoms with van der Waals surface area (Å²) in [6.45, 7) is 6.67. The minimum Gasteiger partial charge on any atom is -0.463 e. The summed E-state index contributed by atoms with van der Waals surface area (Å²) in [4.78, 5) is 7.84. The highest BCUT2D eigenvalue weighted by Crippen LogP contribution is 2.26. The van der Waals surface area contributed by atoms with Crippen molar-refractivity contribution in [1.82, 2.24) is 9.97 Å². The second kappa shape index (κ2) is 3.79. The Bertz CT molecular complexity index is 468. The van der Waals surface area contributed by atoms with E-state index >= 15 is 0 Å². The minimum absolute atomic E-state index is 0.143. The summed E-state index contributed by atoms with van der Waals surface area (Å²) in [6, 6.07) is 3.76. The van der Waals surface area contributed by atoms with Crippen LogP contribution in [0.15, 0.2) is 22.8 Å². The highest BCUT2D eigenvalue weighted by molar-refractivity contribution is 5.55. The van der Waals surface area contributed by atoms with Crippen molar-refractivity contribution in [2.24, 2.45) is 5.73 Å². The molecule has 0 bridgehead atoms. The van der Waals surface area contributed by atoms with Crippen LogP contribution in [0.2, 0.25) is 0 Å². The zero-order chi connectivity index (χ0) is 11.8. The molecule has 0 saturated heterocycles. The fraction of sp³-hybridized carbons (Fsp3) is 0.417. The van der Waals surface area contributed by atoms with E-state index in [0.717, 1.165) is 23.0 Å². The molecule has 0 aliphatic rings. The van der Waals surface area contributed by atoms with E-state index in [2.05, 4.69) is 23.8 Å².